The molecule has 0 saturated carbocycles. The summed E-state index contributed by atoms with van der Waals surface area (Å²) in [4.78, 5) is 2.18. The van der Waals surface area contributed by atoms with Crippen molar-refractivity contribution < 1.29 is 0 Å². The largest absolute Gasteiger partial charge is 0.398 e. The van der Waals surface area contributed by atoms with Gasteiger partial charge in [0.1, 0.15) is 0 Å². The van der Waals surface area contributed by atoms with Crippen LogP contribution in [0.15, 0.2) is 42.5 Å². The smallest absolute Gasteiger partial charge is 0.0656 e. The molecule has 0 aliphatic rings. The summed E-state index contributed by atoms with van der Waals surface area (Å²) in [6.45, 7) is 2.89. The molecule has 2 N–H and O–H groups in total. The first-order valence-corrected chi connectivity index (χ1v) is 6.26. The van der Waals surface area contributed by atoms with Gasteiger partial charge in [0.2, 0.25) is 0 Å². The lowest BCUT2D eigenvalue weighted by Gasteiger charge is -2.22. The average molecular weight is 261 g/mol. The van der Waals surface area contributed by atoms with Gasteiger partial charge in [0.05, 0.1) is 10.7 Å². The number of aryl methyl sites for hydroxylation is 1. The van der Waals surface area contributed by atoms with Gasteiger partial charge < -0.3 is 10.6 Å². The van der Waals surface area contributed by atoms with Crippen molar-refractivity contribution in [2.75, 3.05) is 17.7 Å². The van der Waals surface area contributed by atoms with E-state index in [2.05, 4.69) is 24.1 Å². The second-order valence-electron chi connectivity index (χ2n) is 4.50. The molecule has 18 heavy (non-hydrogen) atoms. The van der Waals surface area contributed by atoms with Crippen LogP contribution in [0.5, 0.6) is 0 Å². The number of halogens is 1. The van der Waals surface area contributed by atoms with Gasteiger partial charge in [0.15, 0.2) is 0 Å². The topological polar surface area (TPSA) is 29.3 Å². The van der Waals surface area contributed by atoms with E-state index in [-0.39, 0.29) is 0 Å². The molecule has 0 heterocycles. The van der Waals surface area contributed by atoms with Crippen LogP contribution in [-0.4, -0.2) is 7.05 Å². The lowest BCUT2D eigenvalue weighted by Crippen LogP contribution is -2.17. The Morgan fingerprint density at radius 1 is 1.17 bits per heavy atom. The van der Waals surface area contributed by atoms with E-state index < -0.39 is 0 Å². The molecular weight excluding hydrogens is 244 g/mol. The second kappa shape index (κ2) is 5.32. The predicted molar refractivity (Wildman–Crippen MR) is 79.2 cm³/mol. The number of rotatable bonds is 3. The molecule has 2 aromatic rings. The number of hydrogen-bond donors (Lipinski definition) is 1. The van der Waals surface area contributed by atoms with Crippen molar-refractivity contribution in [1.82, 2.24) is 0 Å². The second-order valence-corrected chi connectivity index (χ2v) is 4.91. The molecule has 0 bridgehead atoms. The summed E-state index contributed by atoms with van der Waals surface area (Å²) in [6.07, 6.45) is 0. The van der Waals surface area contributed by atoms with Crippen molar-refractivity contribution in [3.63, 3.8) is 0 Å². The molecule has 0 saturated heterocycles. The molecule has 0 amide bonds. The highest BCUT2D eigenvalue weighted by atomic mass is 35.5. The van der Waals surface area contributed by atoms with Crippen LogP contribution in [0.25, 0.3) is 0 Å². The highest BCUT2D eigenvalue weighted by Gasteiger charge is 2.08. The highest BCUT2D eigenvalue weighted by Crippen LogP contribution is 2.29. The molecule has 0 radical (unpaired) electrons. The van der Waals surface area contributed by atoms with Crippen molar-refractivity contribution in [2.45, 2.75) is 13.5 Å². The maximum atomic E-state index is 6.08. The normalized spacial score (nSPS) is 10.4. The first-order valence-electron chi connectivity index (χ1n) is 5.88. The van der Waals surface area contributed by atoms with Crippen molar-refractivity contribution in [3.8, 4) is 0 Å². The Labute approximate surface area is 113 Å². The number of nitrogen functional groups attached to an aromatic ring is 1. The summed E-state index contributed by atoms with van der Waals surface area (Å²) < 4.78 is 0. The van der Waals surface area contributed by atoms with E-state index in [0.717, 1.165) is 17.8 Å². The Morgan fingerprint density at radius 2 is 1.83 bits per heavy atom. The SMILES string of the molecule is Cc1cc(N)c(Cl)cc1N(C)Cc1ccccc1. The van der Waals surface area contributed by atoms with Crippen LogP contribution in [0.2, 0.25) is 5.02 Å². The molecule has 2 nitrogen and oxygen atoms in total. The van der Waals surface area contributed by atoms with Crippen LogP contribution < -0.4 is 10.6 Å². The first kappa shape index (κ1) is 12.8. The van der Waals surface area contributed by atoms with Gasteiger partial charge in [-0.05, 0) is 30.2 Å². The number of anilines is 2. The van der Waals surface area contributed by atoms with Crippen LogP contribution in [0, 0.1) is 6.92 Å². The van der Waals surface area contributed by atoms with Crippen LogP contribution in [-0.2, 0) is 6.54 Å². The summed E-state index contributed by atoms with van der Waals surface area (Å²) >= 11 is 6.08. The maximum Gasteiger partial charge on any atom is 0.0656 e. The van der Waals surface area contributed by atoms with Crippen LogP contribution in [0.4, 0.5) is 11.4 Å². The fraction of sp³-hybridized carbons (Fsp3) is 0.200. The third kappa shape index (κ3) is 2.77. The zero-order valence-electron chi connectivity index (χ0n) is 10.7. The summed E-state index contributed by atoms with van der Waals surface area (Å²) in [5.41, 5.74) is 9.94. The Hall–Kier alpha value is -1.67. The van der Waals surface area contributed by atoms with Gasteiger partial charge in [-0.2, -0.15) is 0 Å². The Balaban J connectivity index is 2.24. The van der Waals surface area contributed by atoms with Crippen LogP contribution >= 0.6 is 11.6 Å². The molecule has 0 atom stereocenters. The summed E-state index contributed by atoms with van der Waals surface area (Å²) in [7, 11) is 2.06. The predicted octanol–water partition coefficient (Wildman–Crippen LogP) is 3.87. The lowest BCUT2D eigenvalue weighted by atomic mass is 10.1. The van der Waals surface area contributed by atoms with Gasteiger partial charge in [0, 0.05) is 19.3 Å². The molecule has 0 spiro atoms. The summed E-state index contributed by atoms with van der Waals surface area (Å²) in [5, 5.41) is 0.607. The standard InChI is InChI=1S/C15H17ClN2/c1-11-8-14(17)13(16)9-15(11)18(2)10-12-6-4-3-5-7-12/h3-9H,10,17H2,1-2H3. The van der Waals surface area contributed by atoms with Gasteiger partial charge in [-0.1, -0.05) is 41.9 Å². The molecule has 3 heteroatoms. The van der Waals surface area contributed by atoms with Gasteiger partial charge in [-0.25, -0.2) is 0 Å². The molecule has 2 rings (SSSR count). The van der Waals surface area contributed by atoms with E-state index in [4.69, 9.17) is 17.3 Å². The maximum absolute atomic E-state index is 6.08. The fourth-order valence-electron chi connectivity index (χ4n) is 2.05. The van der Waals surface area contributed by atoms with Crippen LogP contribution in [0.1, 0.15) is 11.1 Å². The van der Waals surface area contributed by atoms with Crippen molar-refractivity contribution in [3.05, 3.63) is 58.6 Å². The Kier molecular flexibility index (Phi) is 3.78. The van der Waals surface area contributed by atoms with Crippen LogP contribution in [0.3, 0.4) is 0 Å². The number of nitrogens with zero attached hydrogens (tertiary/aromatic N) is 1. The first-order chi connectivity index (χ1) is 8.58. The van der Waals surface area contributed by atoms with Crippen molar-refractivity contribution >= 4 is 23.0 Å². The minimum Gasteiger partial charge on any atom is -0.398 e. The average Bonchev–Trinajstić information content (AvgIpc) is 2.35. The molecule has 0 aromatic heterocycles. The third-order valence-corrected chi connectivity index (χ3v) is 3.32. The van der Waals surface area contributed by atoms with Gasteiger partial charge >= 0.3 is 0 Å². The molecule has 0 fully saturated rings. The Morgan fingerprint density at radius 3 is 2.50 bits per heavy atom. The zero-order chi connectivity index (χ0) is 13.1. The van der Waals surface area contributed by atoms with Gasteiger partial charge in [-0.15, -0.1) is 0 Å². The number of nitrogens with two attached hydrogens (primary N) is 1. The highest BCUT2D eigenvalue weighted by molar-refractivity contribution is 6.33. The van der Waals surface area contributed by atoms with E-state index in [1.54, 1.807) is 0 Å². The molecule has 94 valence electrons. The Bertz CT molecular complexity index is 538. The quantitative estimate of drug-likeness (QED) is 0.849. The molecule has 0 unspecified atom stereocenters. The molecule has 0 aliphatic heterocycles. The molecular formula is C15H17ClN2. The van der Waals surface area contributed by atoms with E-state index in [1.807, 2.05) is 37.3 Å². The fourth-order valence-corrected chi connectivity index (χ4v) is 2.20. The van der Waals surface area contributed by atoms with E-state index in [9.17, 15) is 0 Å². The minimum atomic E-state index is 0.607. The lowest BCUT2D eigenvalue weighted by molar-refractivity contribution is 0.918. The summed E-state index contributed by atoms with van der Waals surface area (Å²) in [6, 6.07) is 14.2. The van der Waals surface area contributed by atoms with Gasteiger partial charge in [-0.3, -0.25) is 0 Å². The van der Waals surface area contributed by atoms with E-state index >= 15 is 0 Å². The molecule has 0 aliphatic carbocycles. The van der Waals surface area contributed by atoms with Crippen molar-refractivity contribution in [1.29, 1.82) is 0 Å². The zero-order valence-corrected chi connectivity index (χ0v) is 11.4. The van der Waals surface area contributed by atoms with Gasteiger partial charge in [0.25, 0.3) is 0 Å². The minimum absolute atomic E-state index is 0.607. The van der Waals surface area contributed by atoms with Crippen molar-refractivity contribution in [2.24, 2.45) is 0 Å². The molecule has 2 aromatic carbocycles. The summed E-state index contributed by atoms with van der Waals surface area (Å²) in [5.74, 6) is 0. The van der Waals surface area contributed by atoms with E-state index in [0.29, 0.717) is 10.7 Å². The number of benzene rings is 2. The monoisotopic (exact) mass is 260 g/mol. The third-order valence-electron chi connectivity index (χ3n) is 2.99. The van der Waals surface area contributed by atoms with E-state index in [1.165, 1.54) is 5.56 Å². The number of hydrogen-bond acceptors (Lipinski definition) is 2.